The highest BCUT2D eigenvalue weighted by molar-refractivity contribution is 5.82. The van der Waals surface area contributed by atoms with E-state index in [-0.39, 0.29) is 25.5 Å². The van der Waals surface area contributed by atoms with E-state index in [4.69, 9.17) is 4.74 Å². The number of aliphatic hydroxyl groups excluding tert-OH is 1. The second-order valence-corrected chi connectivity index (χ2v) is 4.82. The van der Waals surface area contributed by atoms with Crippen LogP contribution in [0.25, 0.3) is 0 Å². The normalized spacial score (nSPS) is 12.9. The number of carbonyl (C=O) groups is 2. The molecule has 106 valence electrons. The molecule has 0 rings (SSSR count). The summed E-state index contributed by atoms with van der Waals surface area (Å²) in [6.07, 6.45) is -0.955. The van der Waals surface area contributed by atoms with Crippen molar-refractivity contribution in [2.45, 2.75) is 33.3 Å². The molecule has 6 heteroatoms. The number of rotatable bonds is 8. The van der Waals surface area contributed by atoms with Crippen molar-refractivity contribution >= 4 is 11.8 Å². The summed E-state index contributed by atoms with van der Waals surface area (Å²) in [5, 5.41) is 15.0. The first-order valence-corrected chi connectivity index (χ1v) is 6.06. The summed E-state index contributed by atoms with van der Waals surface area (Å²) in [5.74, 6) is -0.607. The van der Waals surface area contributed by atoms with E-state index in [1.807, 2.05) is 6.92 Å². The number of hydrogen-bond donors (Lipinski definition) is 3. The molecule has 0 aromatic heterocycles. The van der Waals surface area contributed by atoms with Crippen molar-refractivity contribution in [1.29, 1.82) is 0 Å². The molecule has 6 nitrogen and oxygen atoms in total. The van der Waals surface area contributed by atoms with Crippen molar-refractivity contribution in [3.05, 3.63) is 0 Å². The van der Waals surface area contributed by atoms with Gasteiger partial charge in [-0.3, -0.25) is 9.59 Å². The molecule has 0 bridgehead atoms. The molecule has 0 heterocycles. The average Bonchev–Trinajstić information content (AvgIpc) is 2.28. The molecule has 0 aliphatic carbocycles. The predicted octanol–water partition coefficient (Wildman–Crippen LogP) is -0.338. The van der Waals surface area contributed by atoms with Crippen molar-refractivity contribution < 1.29 is 19.4 Å². The molecule has 3 N–H and O–H groups in total. The van der Waals surface area contributed by atoms with Gasteiger partial charge in [-0.1, -0.05) is 13.8 Å². The van der Waals surface area contributed by atoms with E-state index in [1.54, 1.807) is 13.8 Å². The van der Waals surface area contributed by atoms with E-state index in [0.717, 1.165) is 0 Å². The second-order valence-electron chi connectivity index (χ2n) is 4.82. The van der Waals surface area contributed by atoms with Gasteiger partial charge in [0.1, 0.15) is 6.10 Å². The van der Waals surface area contributed by atoms with Gasteiger partial charge in [-0.05, 0) is 6.92 Å². The average molecular weight is 260 g/mol. The number of nitrogens with one attached hydrogen (secondary N) is 2. The van der Waals surface area contributed by atoms with Gasteiger partial charge >= 0.3 is 0 Å². The fraction of sp³-hybridized carbons (Fsp3) is 0.833. The molecule has 0 aromatic carbocycles. The van der Waals surface area contributed by atoms with E-state index in [0.29, 0.717) is 6.54 Å². The maximum absolute atomic E-state index is 11.7. The number of aliphatic hydroxyl groups is 1. The lowest BCUT2D eigenvalue weighted by Gasteiger charge is -2.28. The minimum absolute atomic E-state index is 0.122. The van der Waals surface area contributed by atoms with Gasteiger partial charge in [-0.25, -0.2) is 0 Å². The lowest BCUT2D eigenvalue weighted by Crippen LogP contribution is -2.46. The Morgan fingerprint density at radius 2 is 1.94 bits per heavy atom. The largest absolute Gasteiger partial charge is 0.384 e. The quantitative estimate of drug-likeness (QED) is 0.557. The van der Waals surface area contributed by atoms with Crippen LogP contribution in [0, 0.1) is 5.41 Å². The summed E-state index contributed by atoms with van der Waals surface area (Å²) in [5.41, 5.74) is -0.662. The number of methoxy groups -OCH3 is 1. The zero-order valence-corrected chi connectivity index (χ0v) is 11.6. The minimum atomic E-state index is -1.16. The molecule has 18 heavy (non-hydrogen) atoms. The monoisotopic (exact) mass is 260 g/mol. The molecular formula is C12H24N2O4. The third-order valence-corrected chi connectivity index (χ3v) is 2.53. The summed E-state index contributed by atoms with van der Waals surface area (Å²) in [6, 6.07) is 0. The Kier molecular flexibility index (Phi) is 7.54. The van der Waals surface area contributed by atoms with Crippen molar-refractivity contribution in [3.8, 4) is 0 Å². The number of carbonyl (C=O) groups excluding carboxylic acids is 2. The first-order valence-electron chi connectivity index (χ1n) is 6.06. The smallest absolute Gasteiger partial charge is 0.249 e. The Morgan fingerprint density at radius 3 is 2.44 bits per heavy atom. The van der Waals surface area contributed by atoms with E-state index in [1.165, 1.54) is 7.11 Å². The topological polar surface area (TPSA) is 87.7 Å². The molecule has 0 spiro atoms. The number of ether oxygens (including phenoxy) is 1. The molecule has 2 amide bonds. The van der Waals surface area contributed by atoms with E-state index in [2.05, 4.69) is 10.6 Å². The zero-order valence-electron chi connectivity index (χ0n) is 11.6. The molecule has 0 aromatic rings. The predicted molar refractivity (Wildman–Crippen MR) is 68.0 cm³/mol. The SMILES string of the molecule is CCNC(=O)CCNC(=O)C(O)C(C)(C)COC. The molecule has 0 radical (unpaired) electrons. The standard InChI is InChI=1S/C12H24N2O4/c1-5-13-9(15)6-7-14-11(17)10(16)12(2,3)8-18-4/h10,16H,5-8H2,1-4H3,(H,13,15)(H,14,17). The first-order chi connectivity index (χ1) is 8.35. The van der Waals surface area contributed by atoms with Gasteiger partial charge in [0.25, 0.3) is 0 Å². The summed E-state index contributed by atoms with van der Waals surface area (Å²) < 4.78 is 4.95. The van der Waals surface area contributed by atoms with Gasteiger partial charge in [0.2, 0.25) is 11.8 Å². The maximum atomic E-state index is 11.7. The third-order valence-electron chi connectivity index (χ3n) is 2.53. The van der Waals surface area contributed by atoms with E-state index in [9.17, 15) is 14.7 Å². The van der Waals surface area contributed by atoms with Crippen molar-refractivity contribution in [3.63, 3.8) is 0 Å². The fourth-order valence-electron chi connectivity index (χ4n) is 1.49. The molecule has 0 saturated carbocycles. The van der Waals surface area contributed by atoms with Crippen LogP contribution in [0.2, 0.25) is 0 Å². The summed E-state index contributed by atoms with van der Waals surface area (Å²) in [4.78, 5) is 22.8. The van der Waals surface area contributed by atoms with Gasteiger partial charge in [0, 0.05) is 32.0 Å². The molecule has 0 aliphatic heterocycles. The van der Waals surface area contributed by atoms with Crippen LogP contribution in [0.1, 0.15) is 27.2 Å². The highest BCUT2D eigenvalue weighted by Crippen LogP contribution is 2.20. The van der Waals surface area contributed by atoms with Crippen molar-refractivity contribution in [2.24, 2.45) is 5.41 Å². The molecule has 1 unspecified atom stereocenters. The van der Waals surface area contributed by atoms with Gasteiger partial charge in [-0.15, -0.1) is 0 Å². The van der Waals surface area contributed by atoms with E-state index < -0.39 is 17.4 Å². The molecule has 0 saturated heterocycles. The van der Waals surface area contributed by atoms with Crippen LogP contribution in [0.4, 0.5) is 0 Å². The van der Waals surface area contributed by atoms with Crippen molar-refractivity contribution in [1.82, 2.24) is 10.6 Å². The van der Waals surface area contributed by atoms with Crippen LogP contribution in [-0.2, 0) is 14.3 Å². The van der Waals surface area contributed by atoms with Gasteiger partial charge in [0.05, 0.1) is 6.61 Å². The Hall–Kier alpha value is -1.14. The lowest BCUT2D eigenvalue weighted by atomic mass is 9.87. The van der Waals surface area contributed by atoms with Crippen LogP contribution in [-0.4, -0.2) is 49.8 Å². The Labute approximate surface area is 108 Å². The highest BCUT2D eigenvalue weighted by atomic mass is 16.5. The molecule has 1 atom stereocenters. The Bertz CT molecular complexity index is 279. The lowest BCUT2D eigenvalue weighted by molar-refractivity contribution is -0.137. The molecule has 0 aliphatic rings. The Balaban J connectivity index is 4.05. The molecule has 0 fully saturated rings. The number of amides is 2. The zero-order chi connectivity index (χ0) is 14.2. The summed E-state index contributed by atoms with van der Waals surface area (Å²) >= 11 is 0. The Morgan fingerprint density at radius 1 is 1.33 bits per heavy atom. The van der Waals surface area contributed by atoms with Crippen LogP contribution in [0.3, 0.4) is 0 Å². The first kappa shape index (κ1) is 16.9. The van der Waals surface area contributed by atoms with Crippen molar-refractivity contribution in [2.75, 3.05) is 26.8 Å². The number of hydrogen-bond acceptors (Lipinski definition) is 4. The minimum Gasteiger partial charge on any atom is -0.384 e. The highest BCUT2D eigenvalue weighted by Gasteiger charge is 2.33. The summed E-state index contributed by atoms with van der Waals surface area (Å²) in [7, 11) is 1.52. The van der Waals surface area contributed by atoms with Crippen LogP contribution in [0.15, 0.2) is 0 Å². The van der Waals surface area contributed by atoms with Gasteiger partial charge in [-0.2, -0.15) is 0 Å². The molecular weight excluding hydrogens is 236 g/mol. The van der Waals surface area contributed by atoms with Gasteiger partial charge < -0.3 is 20.5 Å². The van der Waals surface area contributed by atoms with Crippen LogP contribution in [0.5, 0.6) is 0 Å². The fourth-order valence-corrected chi connectivity index (χ4v) is 1.49. The van der Waals surface area contributed by atoms with Crippen LogP contribution < -0.4 is 10.6 Å². The third kappa shape index (κ3) is 5.97. The maximum Gasteiger partial charge on any atom is 0.249 e. The van der Waals surface area contributed by atoms with Gasteiger partial charge in [0.15, 0.2) is 0 Å². The second kappa shape index (κ2) is 8.05. The van der Waals surface area contributed by atoms with E-state index >= 15 is 0 Å². The van der Waals surface area contributed by atoms with Crippen LogP contribution >= 0.6 is 0 Å². The summed E-state index contributed by atoms with van der Waals surface area (Å²) in [6.45, 7) is 6.36.